The van der Waals surface area contributed by atoms with Gasteiger partial charge in [0, 0.05) is 11.0 Å². The second-order valence-corrected chi connectivity index (χ2v) is 4.86. The minimum atomic E-state index is -0.822. The fourth-order valence-corrected chi connectivity index (χ4v) is 2.47. The van der Waals surface area contributed by atoms with E-state index in [1.807, 2.05) is 0 Å². The van der Waals surface area contributed by atoms with Gasteiger partial charge in [0.25, 0.3) is 5.52 Å². The van der Waals surface area contributed by atoms with E-state index in [9.17, 15) is 14.9 Å². The molecule has 0 saturated heterocycles. The van der Waals surface area contributed by atoms with Crippen molar-refractivity contribution in [1.29, 1.82) is 0 Å². The summed E-state index contributed by atoms with van der Waals surface area (Å²) in [6.45, 7) is 1.75. The molecule has 3 rings (SSSR count). The van der Waals surface area contributed by atoms with Gasteiger partial charge in [-0.1, -0.05) is 30.3 Å². The molecule has 0 atom stereocenters. The maximum Gasteiger partial charge on any atom is 0.361 e. The Hall–Kier alpha value is -3.15. The summed E-state index contributed by atoms with van der Waals surface area (Å²) in [6, 6.07) is 14.9. The van der Waals surface area contributed by atoms with Crippen molar-refractivity contribution < 1.29 is 14.0 Å². The zero-order valence-electron chi connectivity index (χ0n) is 12.4. The van der Waals surface area contributed by atoms with Crippen LogP contribution < -0.4 is 4.43 Å². The lowest BCUT2D eigenvalue weighted by Gasteiger charge is -2.17. The maximum atomic E-state index is 12.8. The number of aromatic nitrogens is 2. The fourth-order valence-electron chi connectivity index (χ4n) is 2.47. The lowest BCUT2D eigenvalue weighted by atomic mass is 10.1. The summed E-state index contributed by atoms with van der Waals surface area (Å²) in [4.78, 5) is 25.0. The van der Waals surface area contributed by atoms with Crippen molar-refractivity contribution in [2.75, 3.05) is 6.61 Å². The fraction of sp³-hybridized carbons (Fsp3) is 0.118. The van der Waals surface area contributed by atoms with Gasteiger partial charge in [0.2, 0.25) is 5.69 Å². The van der Waals surface area contributed by atoms with E-state index in [1.54, 1.807) is 49.4 Å². The molecule has 0 unspecified atom stereocenters. The summed E-state index contributed by atoms with van der Waals surface area (Å²) in [6.07, 6.45) is 0. The van der Waals surface area contributed by atoms with Crippen LogP contribution in [0.4, 0.5) is 0 Å². The first-order valence-corrected chi connectivity index (χ1v) is 7.15. The van der Waals surface area contributed by atoms with Gasteiger partial charge in [0.1, 0.15) is 5.52 Å². The van der Waals surface area contributed by atoms with Crippen molar-refractivity contribution in [3.05, 3.63) is 70.4 Å². The number of esters is 1. The Morgan fingerprint density at radius 2 is 1.78 bits per heavy atom. The summed E-state index contributed by atoms with van der Waals surface area (Å²) in [5.74, 6) is -0.822. The van der Waals surface area contributed by atoms with Gasteiger partial charge in [0.05, 0.1) is 16.6 Å². The van der Waals surface area contributed by atoms with Crippen LogP contribution in [0.25, 0.3) is 22.3 Å². The van der Waals surface area contributed by atoms with Crippen molar-refractivity contribution in [3.8, 4) is 11.3 Å². The SMILES string of the molecule is CCOC(=O)c1c(-c2ccccc2)[n+](=O)c2ccccc2n1[O-]. The molecule has 1 heterocycles. The smallest absolute Gasteiger partial charge is 0.361 e. The second kappa shape index (κ2) is 5.92. The van der Waals surface area contributed by atoms with Gasteiger partial charge in [0.15, 0.2) is 0 Å². The molecule has 2 aromatic carbocycles. The van der Waals surface area contributed by atoms with Gasteiger partial charge < -0.3 is 14.7 Å². The Balaban J connectivity index is 2.45. The zero-order chi connectivity index (χ0) is 16.4. The van der Waals surface area contributed by atoms with Crippen molar-refractivity contribution in [3.63, 3.8) is 0 Å². The normalized spacial score (nSPS) is 10.7. The first-order chi connectivity index (χ1) is 11.1. The number of hydrogen-bond acceptors (Lipinski definition) is 4. The third kappa shape index (κ3) is 2.44. The van der Waals surface area contributed by atoms with E-state index in [4.69, 9.17) is 4.74 Å². The molecule has 0 fully saturated rings. The molecule has 0 saturated carbocycles. The third-order valence-corrected chi connectivity index (χ3v) is 3.47. The molecule has 0 radical (unpaired) electrons. The summed E-state index contributed by atoms with van der Waals surface area (Å²) in [7, 11) is 0. The Labute approximate surface area is 131 Å². The van der Waals surface area contributed by atoms with E-state index >= 15 is 0 Å². The molecule has 0 aliphatic heterocycles. The molecule has 0 spiro atoms. The van der Waals surface area contributed by atoms with Gasteiger partial charge in [-0.2, -0.15) is 0 Å². The predicted molar refractivity (Wildman–Crippen MR) is 85.5 cm³/mol. The molecule has 6 nitrogen and oxygen atoms in total. The molecule has 0 aliphatic carbocycles. The van der Waals surface area contributed by atoms with Crippen molar-refractivity contribution >= 4 is 17.0 Å². The molecule has 0 amide bonds. The van der Waals surface area contributed by atoms with Crippen LogP contribution >= 0.6 is 0 Å². The summed E-state index contributed by atoms with van der Waals surface area (Å²) in [5, 5.41) is 12.7. The molecule has 1 aromatic heterocycles. The number of rotatable bonds is 3. The Morgan fingerprint density at radius 1 is 1.13 bits per heavy atom. The molecule has 0 aliphatic rings. The van der Waals surface area contributed by atoms with Crippen LogP contribution in [0.3, 0.4) is 0 Å². The van der Waals surface area contributed by atoms with E-state index in [0.717, 1.165) is 0 Å². The standard InChI is InChI=1S/C17H14N2O4/c1-2-23-17(20)16-15(12-8-4-3-5-9-12)18(21)13-10-6-7-11-14(13)19(16)22/h3-11H,2H2,1H3. The number of fused-ring (bicyclic) bond motifs is 1. The van der Waals surface area contributed by atoms with Crippen molar-refractivity contribution in [1.82, 2.24) is 4.73 Å². The first-order valence-electron chi connectivity index (χ1n) is 7.15. The van der Waals surface area contributed by atoms with Crippen molar-refractivity contribution in [2.45, 2.75) is 6.92 Å². The van der Waals surface area contributed by atoms with Gasteiger partial charge in [-0.15, -0.1) is 0 Å². The minimum Gasteiger partial charge on any atom is -0.805 e. The average molecular weight is 310 g/mol. The zero-order valence-corrected chi connectivity index (χ0v) is 12.4. The van der Waals surface area contributed by atoms with Crippen LogP contribution in [0.2, 0.25) is 0 Å². The molecule has 0 bridgehead atoms. The molecule has 3 aromatic rings. The number of carbonyl (C=O) groups is 1. The van der Waals surface area contributed by atoms with Crippen LogP contribution in [0, 0.1) is 10.1 Å². The van der Waals surface area contributed by atoms with E-state index in [1.165, 1.54) is 12.1 Å². The van der Waals surface area contributed by atoms with E-state index in [-0.39, 0.29) is 29.0 Å². The van der Waals surface area contributed by atoms with E-state index in [0.29, 0.717) is 14.7 Å². The van der Waals surface area contributed by atoms with Crippen molar-refractivity contribution in [2.24, 2.45) is 0 Å². The van der Waals surface area contributed by atoms with Crippen LogP contribution in [0.1, 0.15) is 17.4 Å². The van der Waals surface area contributed by atoms with Crippen LogP contribution in [0.15, 0.2) is 54.6 Å². The van der Waals surface area contributed by atoms with Gasteiger partial charge in [-0.25, -0.2) is 4.79 Å². The molecule has 6 heteroatoms. The summed E-state index contributed by atoms with van der Waals surface area (Å²) >= 11 is 0. The summed E-state index contributed by atoms with van der Waals surface area (Å²) < 4.78 is 6.03. The number of benzene rings is 2. The van der Waals surface area contributed by atoms with Gasteiger partial charge in [-0.05, 0) is 25.1 Å². The van der Waals surface area contributed by atoms with Crippen LogP contribution in [-0.4, -0.2) is 17.3 Å². The molecular weight excluding hydrogens is 296 g/mol. The number of ether oxygens (including phenoxy) is 1. The first kappa shape index (κ1) is 14.8. The lowest BCUT2D eigenvalue weighted by molar-refractivity contribution is -0.452. The van der Waals surface area contributed by atoms with Crippen LogP contribution in [0.5, 0.6) is 0 Å². The van der Waals surface area contributed by atoms with Gasteiger partial charge in [-0.3, -0.25) is 0 Å². The number of hydrogen-bond donors (Lipinski definition) is 0. The molecule has 0 N–H and O–H groups in total. The second-order valence-electron chi connectivity index (χ2n) is 4.86. The Morgan fingerprint density at radius 3 is 2.48 bits per heavy atom. The highest BCUT2D eigenvalue weighted by atomic mass is 16.5. The topological polar surface area (TPSA) is 77.3 Å². The largest absolute Gasteiger partial charge is 0.805 e. The predicted octanol–water partition coefficient (Wildman–Crippen LogP) is 2.75. The molecule has 23 heavy (non-hydrogen) atoms. The third-order valence-electron chi connectivity index (χ3n) is 3.47. The quantitative estimate of drug-likeness (QED) is 0.550. The summed E-state index contributed by atoms with van der Waals surface area (Å²) in [5.41, 5.74) is 0.449. The number of nitrogens with zero attached hydrogens (tertiary/aromatic N) is 2. The maximum absolute atomic E-state index is 12.8. The average Bonchev–Trinajstić information content (AvgIpc) is 2.58. The number of para-hydroxylation sites is 2. The van der Waals surface area contributed by atoms with Crippen LogP contribution in [-0.2, 0) is 4.74 Å². The Kier molecular flexibility index (Phi) is 3.80. The Bertz CT molecular complexity index is 932. The highest BCUT2D eigenvalue weighted by molar-refractivity contribution is 5.95. The van der Waals surface area contributed by atoms with Gasteiger partial charge >= 0.3 is 11.7 Å². The molecular formula is C17H14N2O4. The highest BCUT2D eigenvalue weighted by Gasteiger charge is 2.29. The van der Waals surface area contributed by atoms with E-state index in [2.05, 4.69) is 0 Å². The highest BCUT2D eigenvalue weighted by Crippen LogP contribution is 2.23. The monoisotopic (exact) mass is 310 g/mol. The lowest BCUT2D eigenvalue weighted by Crippen LogP contribution is -2.28. The minimum absolute atomic E-state index is 0.0160. The molecule has 116 valence electrons. The number of carbonyl (C=O) groups excluding carboxylic acids is 1. The van der Waals surface area contributed by atoms with E-state index < -0.39 is 5.97 Å².